The molecular weight excluding hydrogens is 340 g/mol. The number of hydrogen-bond donors (Lipinski definition) is 3. The predicted octanol–water partition coefficient (Wildman–Crippen LogP) is 4.08. The van der Waals surface area contributed by atoms with Crippen molar-refractivity contribution in [1.29, 1.82) is 0 Å². The van der Waals surface area contributed by atoms with Gasteiger partial charge in [-0.25, -0.2) is 5.48 Å². The van der Waals surface area contributed by atoms with Crippen LogP contribution in [-0.4, -0.2) is 17.0 Å². The average Bonchev–Trinajstić information content (AvgIpc) is 2.61. The molecule has 2 unspecified atom stereocenters. The van der Waals surface area contributed by atoms with Crippen LogP contribution in [-0.2, 0) is 16.0 Å². The lowest BCUT2D eigenvalue weighted by atomic mass is 9.64. The van der Waals surface area contributed by atoms with Gasteiger partial charge in [-0.3, -0.25) is 14.8 Å². The molecule has 0 aliphatic rings. The van der Waals surface area contributed by atoms with Crippen molar-refractivity contribution < 1.29 is 14.8 Å². The Labute approximate surface area is 163 Å². The van der Waals surface area contributed by atoms with Crippen molar-refractivity contribution in [3.8, 4) is 0 Å². The van der Waals surface area contributed by atoms with Gasteiger partial charge in [0.1, 0.15) is 5.41 Å². The maximum absolute atomic E-state index is 12.6. The van der Waals surface area contributed by atoms with Crippen molar-refractivity contribution >= 4 is 11.8 Å². The van der Waals surface area contributed by atoms with Crippen LogP contribution < -0.4 is 11.2 Å². The van der Waals surface area contributed by atoms with Gasteiger partial charge in [0.05, 0.1) is 0 Å². The molecule has 27 heavy (non-hydrogen) atoms. The van der Waals surface area contributed by atoms with Gasteiger partial charge in [0.25, 0.3) is 5.91 Å². The molecule has 1 aromatic carbocycles. The number of nitrogens with one attached hydrogen (secondary N) is 1. The van der Waals surface area contributed by atoms with Gasteiger partial charge in [-0.05, 0) is 55.4 Å². The minimum absolute atomic E-state index is 0.105. The molecule has 4 N–H and O–H groups in total. The van der Waals surface area contributed by atoms with E-state index in [-0.39, 0.29) is 11.8 Å². The molecule has 1 aromatic rings. The number of hydroxylamine groups is 1. The van der Waals surface area contributed by atoms with Crippen LogP contribution in [0.3, 0.4) is 0 Å². The first-order valence-corrected chi connectivity index (χ1v) is 10.0. The van der Waals surface area contributed by atoms with E-state index < -0.39 is 17.2 Å². The molecule has 0 saturated carbocycles. The molecule has 0 heterocycles. The summed E-state index contributed by atoms with van der Waals surface area (Å²) in [6, 6.07) is 10.3. The fourth-order valence-electron chi connectivity index (χ4n) is 4.10. The lowest BCUT2D eigenvalue weighted by Crippen LogP contribution is -2.54. The topological polar surface area (TPSA) is 92.4 Å². The summed E-state index contributed by atoms with van der Waals surface area (Å²) in [6.07, 6.45) is 4.64. The normalized spacial score (nSPS) is 14.8. The third kappa shape index (κ3) is 6.65. The number of aryl methyl sites for hydroxylation is 1. The smallest absolute Gasteiger partial charge is 0.259 e. The van der Waals surface area contributed by atoms with Crippen LogP contribution in [0, 0.1) is 23.2 Å². The Morgan fingerprint density at radius 3 is 2.19 bits per heavy atom. The standard InChI is InChI=1S/C22H36N2O3/c1-16(2)14-19(13-9-8-12-18-10-6-5-7-11-18)22(20(23)25,15-17(3)4)21(26)24-27/h5-7,10-11,16-17,19,27H,8-9,12-15H2,1-4H3,(H2,23,25)(H,24,26). The Kier molecular flexibility index (Phi) is 9.50. The summed E-state index contributed by atoms with van der Waals surface area (Å²) in [6.45, 7) is 8.08. The van der Waals surface area contributed by atoms with Crippen molar-refractivity contribution in [1.82, 2.24) is 5.48 Å². The van der Waals surface area contributed by atoms with Crippen LogP contribution in [0.25, 0.3) is 0 Å². The Hall–Kier alpha value is -1.88. The number of carbonyl (C=O) groups is 2. The zero-order chi connectivity index (χ0) is 20.4. The van der Waals surface area contributed by atoms with E-state index in [0.717, 1.165) is 25.7 Å². The molecule has 5 nitrogen and oxygen atoms in total. The average molecular weight is 377 g/mol. The van der Waals surface area contributed by atoms with E-state index in [0.29, 0.717) is 18.8 Å². The van der Waals surface area contributed by atoms with Gasteiger partial charge in [-0.15, -0.1) is 0 Å². The molecule has 0 aliphatic heterocycles. The summed E-state index contributed by atoms with van der Waals surface area (Å²) in [5.41, 5.74) is 7.39. The fraction of sp³-hybridized carbons (Fsp3) is 0.636. The van der Waals surface area contributed by atoms with Crippen molar-refractivity contribution in [3.05, 3.63) is 35.9 Å². The monoisotopic (exact) mass is 376 g/mol. The van der Waals surface area contributed by atoms with Gasteiger partial charge in [0.15, 0.2) is 0 Å². The maximum atomic E-state index is 12.6. The lowest BCUT2D eigenvalue weighted by molar-refractivity contribution is -0.154. The molecule has 5 heteroatoms. The zero-order valence-corrected chi connectivity index (χ0v) is 17.2. The number of rotatable bonds is 12. The molecule has 0 bridgehead atoms. The van der Waals surface area contributed by atoms with Crippen molar-refractivity contribution in [2.24, 2.45) is 28.9 Å². The second kappa shape index (κ2) is 11.1. The second-order valence-corrected chi connectivity index (χ2v) is 8.43. The van der Waals surface area contributed by atoms with Gasteiger partial charge >= 0.3 is 0 Å². The molecule has 152 valence electrons. The first-order valence-electron chi connectivity index (χ1n) is 10.0. The Morgan fingerprint density at radius 2 is 1.70 bits per heavy atom. The van der Waals surface area contributed by atoms with Gasteiger partial charge < -0.3 is 5.73 Å². The number of carbonyl (C=O) groups excluding carboxylic acids is 2. The second-order valence-electron chi connectivity index (χ2n) is 8.43. The zero-order valence-electron chi connectivity index (χ0n) is 17.2. The molecule has 0 saturated heterocycles. The molecule has 0 spiro atoms. The van der Waals surface area contributed by atoms with Crippen LogP contribution in [0.1, 0.15) is 65.4 Å². The number of nitrogens with two attached hydrogens (primary N) is 1. The SMILES string of the molecule is CC(C)CC(CCCCc1ccccc1)C(CC(C)C)(C(N)=O)C(=O)NO. The Morgan fingerprint density at radius 1 is 1.07 bits per heavy atom. The number of amides is 2. The molecule has 0 radical (unpaired) electrons. The highest BCUT2D eigenvalue weighted by Crippen LogP contribution is 2.41. The summed E-state index contributed by atoms with van der Waals surface area (Å²) >= 11 is 0. The summed E-state index contributed by atoms with van der Waals surface area (Å²) in [5, 5.41) is 9.33. The van der Waals surface area contributed by atoms with Crippen molar-refractivity contribution in [2.75, 3.05) is 0 Å². The van der Waals surface area contributed by atoms with Crippen molar-refractivity contribution in [2.45, 2.75) is 66.2 Å². The molecule has 0 fully saturated rings. The van der Waals surface area contributed by atoms with E-state index in [1.807, 2.05) is 32.0 Å². The number of unbranched alkanes of at least 4 members (excludes halogenated alkanes) is 1. The summed E-state index contributed by atoms with van der Waals surface area (Å²) < 4.78 is 0. The third-order valence-electron chi connectivity index (χ3n) is 5.24. The molecule has 1 rings (SSSR count). The van der Waals surface area contributed by atoms with E-state index >= 15 is 0 Å². The van der Waals surface area contributed by atoms with Gasteiger partial charge in [-0.2, -0.15) is 0 Å². The van der Waals surface area contributed by atoms with Crippen LogP contribution >= 0.6 is 0 Å². The largest absolute Gasteiger partial charge is 0.369 e. The van der Waals surface area contributed by atoms with Gasteiger partial charge in [0, 0.05) is 0 Å². The summed E-state index contributed by atoms with van der Waals surface area (Å²) in [5.74, 6) is -1.08. The highest BCUT2D eigenvalue weighted by Gasteiger charge is 2.50. The molecule has 2 amide bonds. The van der Waals surface area contributed by atoms with E-state index in [1.54, 1.807) is 5.48 Å². The van der Waals surface area contributed by atoms with E-state index in [4.69, 9.17) is 5.73 Å². The highest BCUT2D eigenvalue weighted by molar-refractivity contribution is 6.04. The molecule has 2 atom stereocenters. The quantitative estimate of drug-likeness (QED) is 0.222. The third-order valence-corrected chi connectivity index (χ3v) is 5.24. The summed E-state index contributed by atoms with van der Waals surface area (Å²) in [7, 11) is 0. The fourth-order valence-corrected chi connectivity index (χ4v) is 4.10. The summed E-state index contributed by atoms with van der Waals surface area (Å²) in [4.78, 5) is 25.1. The Bertz CT molecular complexity index is 586. The predicted molar refractivity (Wildman–Crippen MR) is 108 cm³/mol. The number of benzene rings is 1. The lowest BCUT2D eigenvalue weighted by Gasteiger charge is -2.38. The van der Waals surface area contributed by atoms with Crippen LogP contribution in [0.5, 0.6) is 0 Å². The Balaban J connectivity index is 2.96. The van der Waals surface area contributed by atoms with Crippen molar-refractivity contribution in [3.63, 3.8) is 0 Å². The first-order chi connectivity index (χ1) is 12.7. The molecular formula is C22H36N2O3. The number of hydrogen-bond acceptors (Lipinski definition) is 3. The maximum Gasteiger partial charge on any atom is 0.259 e. The van der Waals surface area contributed by atoms with Crippen LogP contribution in [0.4, 0.5) is 0 Å². The van der Waals surface area contributed by atoms with Gasteiger partial charge in [-0.1, -0.05) is 64.4 Å². The highest BCUT2D eigenvalue weighted by atomic mass is 16.5. The number of primary amides is 1. The van der Waals surface area contributed by atoms with Gasteiger partial charge in [0.2, 0.25) is 5.91 Å². The van der Waals surface area contributed by atoms with Crippen LogP contribution in [0.2, 0.25) is 0 Å². The molecule has 0 aromatic heterocycles. The minimum atomic E-state index is -1.38. The van der Waals surface area contributed by atoms with E-state index in [9.17, 15) is 14.8 Å². The molecule has 0 aliphatic carbocycles. The van der Waals surface area contributed by atoms with E-state index in [1.165, 1.54) is 5.56 Å². The van der Waals surface area contributed by atoms with Crippen LogP contribution in [0.15, 0.2) is 30.3 Å². The minimum Gasteiger partial charge on any atom is -0.369 e. The van der Waals surface area contributed by atoms with E-state index in [2.05, 4.69) is 26.0 Å². The first kappa shape index (κ1) is 23.2.